The SMILES string of the molecule is CCNC1(C#N)CCC(Oc2ccc(C)cc2OC)C1. The fraction of sp³-hybridized carbons (Fsp3) is 0.562. The molecule has 1 saturated carbocycles. The second kappa shape index (κ2) is 6.15. The van der Waals surface area contributed by atoms with E-state index in [1.54, 1.807) is 7.11 Å². The van der Waals surface area contributed by atoms with Crippen LogP contribution in [-0.2, 0) is 0 Å². The summed E-state index contributed by atoms with van der Waals surface area (Å²) in [7, 11) is 1.65. The van der Waals surface area contributed by atoms with Crippen molar-refractivity contribution >= 4 is 0 Å². The van der Waals surface area contributed by atoms with E-state index < -0.39 is 5.54 Å². The van der Waals surface area contributed by atoms with Crippen LogP contribution < -0.4 is 14.8 Å². The average molecular weight is 274 g/mol. The van der Waals surface area contributed by atoms with Gasteiger partial charge in [-0.05, 0) is 44.0 Å². The molecule has 20 heavy (non-hydrogen) atoms. The molecule has 0 aliphatic heterocycles. The van der Waals surface area contributed by atoms with Gasteiger partial charge >= 0.3 is 0 Å². The minimum atomic E-state index is -0.433. The molecule has 1 aromatic rings. The number of ether oxygens (including phenoxy) is 2. The van der Waals surface area contributed by atoms with Crippen LogP contribution in [0.5, 0.6) is 11.5 Å². The lowest BCUT2D eigenvalue weighted by Crippen LogP contribution is -2.42. The van der Waals surface area contributed by atoms with Crippen molar-refractivity contribution in [3.05, 3.63) is 23.8 Å². The highest BCUT2D eigenvalue weighted by atomic mass is 16.5. The number of nitrogens with zero attached hydrogens (tertiary/aromatic N) is 1. The first kappa shape index (κ1) is 14.7. The van der Waals surface area contributed by atoms with Crippen LogP contribution in [0, 0.1) is 18.3 Å². The molecule has 0 heterocycles. The minimum Gasteiger partial charge on any atom is -0.493 e. The summed E-state index contributed by atoms with van der Waals surface area (Å²) in [5.41, 5.74) is 0.705. The van der Waals surface area contributed by atoms with E-state index in [-0.39, 0.29) is 6.10 Å². The Morgan fingerprint density at radius 3 is 2.90 bits per heavy atom. The fourth-order valence-corrected chi connectivity index (χ4v) is 2.79. The highest BCUT2D eigenvalue weighted by Crippen LogP contribution is 2.35. The summed E-state index contributed by atoms with van der Waals surface area (Å²) in [4.78, 5) is 0. The Morgan fingerprint density at radius 1 is 1.45 bits per heavy atom. The van der Waals surface area contributed by atoms with Gasteiger partial charge in [0, 0.05) is 6.42 Å². The van der Waals surface area contributed by atoms with Crippen LogP contribution in [0.1, 0.15) is 31.7 Å². The van der Waals surface area contributed by atoms with E-state index in [9.17, 15) is 5.26 Å². The Morgan fingerprint density at radius 2 is 2.25 bits per heavy atom. The van der Waals surface area contributed by atoms with E-state index in [1.165, 1.54) is 0 Å². The molecule has 0 aromatic heterocycles. The van der Waals surface area contributed by atoms with Gasteiger partial charge < -0.3 is 9.47 Å². The zero-order valence-electron chi connectivity index (χ0n) is 12.4. The summed E-state index contributed by atoms with van der Waals surface area (Å²) in [6.07, 6.45) is 2.49. The Balaban J connectivity index is 2.07. The van der Waals surface area contributed by atoms with Crippen molar-refractivity contribution in [1.82, 2.24) is 5.32 Å². The molecule has 2 atom stereocenters. The monoisotopic (exact) mass is 274 g/mol. The number of rotatable bonds is 5. The molecule has 0 bridgehead atoms. The lowest BCUT2D eigenvalue weighted by Gasteiger charge is -2.22. The van der Waals surface area contributed by atoms with E-state index in [2.05, 4.69) is 11.4 Å². The third-order valence-corrected chi connectivity index (χ3v) is 3.81. The lowest BCUT2D eigenvalue weighted by atomic mass is 10.00. The summed E-state index contributed by atoms with van der Waals surface area (Å²) in [6, 6.07) is 8.32. The topological polar surface area (TPSA) is 54.3 Å². The van der Waals surface area contributed by atoms with E-state index in [4.69, 9.17) is 9.47 Å². The molecule has 0 saturated heterocycles. The van der Waals surface area contributed by atoms with Gasteiger partial charge in [-0.1, -0.05) is 13.0 Å². The van der Waals surface area contributed by atoms with Crippen LogP contribution in [0.15, 0.2) is 18.2 Å². The molecule has 0 radical (unpaired) electrons. The van der Waals surface area contributed by atoms with Gasteiger partial charge in [0.1, 0.15) is 11.6 Å². The maximum absolute atomic E-state index is 9.38. The second-order valence-electron chi connectivity index (χ2n) is 5.36. The molecule has 1 aliphatic carbocycles. The number of nitriles is 1. The third kappa shape index (κ3) is 3.05. The predicted octanol–water partition coefficient (Wildman–Crippen LogP) is 2.81. The van der Waals surface area contributed by atoms with E-state index in [0.717, 1.165) is 36.4 Å². The van der Waals surface area contributed by atoms with E-state index >= 15 is 0 Å². The van der Waals surface area contributed by atoms with Gasteiger partial charge in [0.2, 0.25) is 0 Å². The van der Waals surface area contributed by atoms with Crippen LogP contribution in [0.25, 0.3) is 0 Å². The highest BCUT2D eigenvalue weighted by Gasteiger charge is 2.40. The molecule has 108 valence electrons. The number of methoxy groups -OCH3 is 1. The van der Waals surface area contributed by atoms with Crippen LogP contribution >= 0.6 is 0 Å². The van der Waals surface area contributed by atoms with Gasteiger partial charge in [-0.25, -0.2) is 0 Å². The molecule has 0 spiro atoms. The Labute approximate surface area is 120 Å². The maximum Gasteiger partial charge on any atom is 0.161 e. The first-order valence-electron chi connectivity index (χ1n) is 7.10. The molecule has 2 unspecified atom stereocenters. The summed E-state index contributed by atoms with van der Waals surface area (Å²) in [5.74, 6) is 1.51. The molecule has 1 fully saturated rings. The Bertz CT molecular complexity index is 510. The van der Waals surface area contributed by atoms with E-state index in [1.807, 2.05) is 32.0 Å². The molecule has 1 aliphatic rings. The molecule has 4 nitrogen and oxygen atoms in total. The van der Waals surface area contributed by atoms with Crippen molar-refractivity contribution in [2.24, 2.45) is 0 Å². The van der Waals surface area contributed by atoms with Gasteiger partial charge in [0.05, 0.1) is 13.2 Å². The lowest BCUT2D eigenvalue weighted by molar-refractivity contribution is 0.193. The summed E-state index contributed by atoms with van der Waals surface area (Å²) >= 11 is 0. The first-order chi connectivity index (χ1) is 9.62. The van der Waals surface area contributed by atoms with Crippen molar-refractivity contribution in [2.75, 3.05) is 13.7 Å². The van der Waals surface area contributed by atoms with Crippen molar-refractivity contribution in [3.63, 3.8) is 0 Å². The Kier molecular flexibility index (Phi) is 4.51. The molecule has 2 rings (SSSR count). The standard InChI is InChI=1S/C16H22N2O2/c1-4-18-16(11-17)8-7-13(10-16)20-14-6-5-12(2)9-15(14)19-3/h5-6,9,13,18H,4,7-8,10H2,1-3H3. The van der Waals surface area contributed by atoms with Crippen molar-refractivity contribution in [3.8, 4) is 17.6 Å². The molecule has 0 amide bonds. The number of benzene rings is 1. The van der Waals surface area contributed by atoms with Crippen LogP contribution in [0.2, 0.25) is 0 Å². The van der Waals surface area contributed by atoms with Crippen LogP contribution in [-0.4, -0.2) is 25.3 Å². The van der Waals surface area contributed by atoms with Crippen LogP contribution in [0.3, 0.4) is 0 Å². The largest absolute Gasteiger partial charge is 0.493 e. The van der Waals surface area contributed by atoms with Gasteiger partial charge in [-0.3, -0.25) is 5.32 Å². The number of nitrogens with one attached hydrogen (secondary N) is 1. The molecular formula is C16H22N2O2. The average Bonchev–Trinajstić information content (AvgIpc) is 2.85. The summed E-state index contributed by atoms with van der Waals surface area (Å²) in [6.45, 7) is 4.85. The van der Waals surface area contributed by atoms with Crippen LogP contribution in [0.4, 0.5) is 0 Å². The van der Waals surface area contributed by atoms with Crippen molar-refractivity contribution < 1.29 is 9.47 Å². The number of hydrogen-bond acceptors (Lipinski definition) is 4. The molecule has 4 heteroatoms. The highest BCUT2D eigenvalue weighted by molar-refractivity contribution is 5.42. The van der Waals surface area contributed by atoms with Crippen molar-refractivity contribution in [2.45, 2.75) is 44.8 Å². The normalized spacial score (nSPS) is 25.2. The fourth-order valence-electron chi connectivity index (χ4n) is 2.79. The van der Waals surface area contributed by atoms with Crippen molar-refractivity contribution in [1.29, 1.82) is 5.26 Å². The molecule has 1 aromatic carbocycles. The summed E-state index contributed by atoms with van der Waals surface area (Å²) in [5, 5.41) is 12.7. The number of aryl methyl sites for hydroxylation is 1. The second-order valence-corrected chi connectivity index (χ2v) is 5.36. The molecule has 1 N–H and O–H groups in total. The smallest absolute Gasteiger partial charge is 0.161 e. The summed E-state index contributed by atoms with van der Waals surface area (Å²) < 4.78 is 11.4. The van der Waals surface area contributed by atoms with Gasteiger partial charge in [-0.15, -0.1) is 0 Å². The van der Waals surface area contributed by atoms with Gasteiger partial charge in [0.25, 0.3) is 0 Å². The maximum atomic E-state index is 9.38. The first-order valence-corrected chi connectivity index (χ1v) is 7.10. The number of hydrogen-bond donors (Lipinski definition) is 1. The Hall–Kier alpha value is -1.73. The van der Waals surface area contributed by atoms with Gasteiger partial charge in [-0.2, -0.15) is 5.26 Å². The minimum absolute atomic E-state index is 0.0605. The molecular weight excluding hydrogens is 252 g/mol. The quantitative estimate of drug-likeness (QED) is 0.897. The third-order valence-electron chi connectivity index (χ3n) is 3.81. The van der Waals surface area contributed by atoms with E-state index in [0.29, 0.717) is 6.42 Å². The predicted molar refractivity (Wildman–Crippen MR) is 78.0 cm³/mol. The zero-order valence-corrected chi connectivity index (χ0v) is 12.4. The zero-order chi connectivity index (χ0) is 14.6. The van der Waals surface area contributed by atoms with Gasteiger partial charge in [0.15, 0.2) is 11.5 Å².